The summed E-state index contributed by atoms with van der Waals surface area (Å²) in [6.07, 6.45) is -2.57. The van der Waals surface area contributed by atoms with Gasteiger partial charge in [-0.15, -0.1) is 0 Å². The summed E-state index contributed by atoms with van der Waals surface area (Å²) in [4.78, 5) is 26.9. The summed E-state index contributed by atoms with van der Waals surface area (Å²) in [5, 5.41) is 2.75. The fourth-order valence-electron chi connectivity index (χ4n) is 4.42. The fourth-order valence-corrected chi connectivity index (χ4v) is 5.34. The van der Waals surface area contributed by atoms with Gasteiger partial charge in [-0.2, -0.15) is 0 Å². The highest BCUT2D eigenvalue weighted by Gasteiger charge is 2.48. The fraction of sp³-hybridized carbons (Fsp3) is 0.593. The van der Waals surface area contributed by atoms with Gasteiger partial charge in [0.2, 0.25) is 5.91 Å². The van der Waals surface area contributed by atoms with E-state index in [-0.39, 0.29) is 23.4 Å². The Kier molecular flexibility index (Phi) is 7.84. The van der Waals surface area contributed by atoms with Crippen LogP contribution in [0.1, 0.15) is 46.0 Å². The van der Waals surface area contributed by atoms with E-state index >= 15 is 0 Å². The van der Waals surface area contributed by atoms with E-state index in [9.17, 15) is 13.6 Å². The van der Waals surface area contributed by atoms with Crippen LogP contribution in [0, 0.1) is 0 Å². The molecule has 0 saturated carbocycles. The van der Waals surface area contributed by atoms with Crippen LogP contribution in [0.5, 0.6) is 0 Å². The van der Waals surface area contributed by atoms with Crippen molar-refractivity contribution < 1.29 is 22.7 Å². The third-order valence-electron chi connectivity index (χ3n) is 7.79. The average Bonchev–Trinajstić information content (AvgIpc) is 3.06. The number of hydrogen-bond acceptors (Lipinski definition) is 7. The number of nitrogens with zero attached hydrogens (tertiary/aromatic N) is 4. The van der Waals surface area contributed by atoms with E-state index in [0.29, 0.717) is 36.1 Å². The normalized spacial score (nSPS) is 17.8. The molecule has 1 N–H and O–H groups in total. The Morgan fingerprint density at radius 2 is 1.71 bits per heavy atom. The van der Waals surface area contributed by atoms with Crippen LogP contribution in [0.4, 0.5) is 31.8 Å². The Bertz CT molecular complexity index is 1160. The molecule has 2 aliphatic rings. The van der Waals surface area contributed by atoms with Crippen molar-refractivity contribution in [1.82, 2.24) is 9.97 Å². The van der Waals surface area contributed by atoms with Crippen LogP contribution in [0.15, 0.2) is 24.3 Å². The number of hydrogen-bond donors (Lipinski definition) is 1. The molecule has 0 atom stereocenters. The number of halogens is 2. The number of amides is 1. The molecule has 1 saturated heterocycles. The van der Waals surface area contributed by atoms with Crippen LogP contribution in [-0.2, 0) is 26.0 Å². The standard InChI is InChI=1S/C27H39F2N5O3Si/c1-26(2,3)38(6,7)37-17-21-31-23(30-16-20(28)29)22-24(32-21)34(25(35)27(22,4)5)19-10-8-18(9-11-19)33-12-14-36-15-13-33/h8-11,20H,12-17H2,1-7H3,(H,30,31,32). The summed E-state index contributed by atoms with van der Waals surface area (Å²) in [6, 6.07) is 7.76. The second-order valence-electron chi connectivity index (χ2n) is 11.9. The number of aromatic nitrogens is 2. The van der Waals surface area contributed by atoms with Gasteiger partial charge in [-0.3, -0.25) is 9.69 Å². The first kappa shape index (κ1) is 28.4. The minimum Gasteiger partial charge on any atom is -0.409 e. The quantitative estimate of drug-likeness (QED) is 0.439. The molecule has 2 aliphatic heterocycles. The van der Waals surface area contributed by atoms with E-state index in [0.717, 1.165) is 18.8 Å². The molecule has 0 radical (unpaired) electrons. The SMILES string of the molecule is CC1(C)C(=O)N(c2ccc(N3CCOCC3)cc2)c2nc(CO[Si](C)(C)C(C)(C)C)nc(NCC(F)F)c21. The van der Waals surface area contributed by atoms with E-state index in [1.807, 2.05) is 24.3 Å². The highest BCUT2D eigenvalue weighted by atomic mass is 28.4. The summed E-state index contributed by atoms with van der Waals surface area (Å²) < 4.78 is 38.2. The summed E-state index contributed by atoms with van der Waals surface area (Å²) >= 11 is 0. The predicted octanol–water partition coefficient (Wildman–Crippen LogP) is 5.47. The Balaban J connectivity index is 1.73. The second-order valence-corrected chi connectivity index (χ2v) is 16.7. The maximum atomic E-state index is 13.8. The lowest BCUT2D eigenvalue weighted by molar-refractivity contribution is -0.121. The zero-order valence-electron chi connectivity index (χ0n) is 23.4. The van der Waals surface area contributed by atoms with Gasteiger partial charge in [0.15, 0.2) is 14.1 Å². The number of alkyl halides is 2. The van der Waals surface area contributed by atoms with Crippen molar-refractivity contribution in [3.8, 4) is 0 Å². The molecule has 1 amide bonds. The molecule has 0 unspecified atom stereocenters. The van der Waals surface area contributed by atoms with Gasteiger partial charge in [0.1, 0.15) is 11.6 Å². The Labute approximate surface area is 224 Å². The van der Waals surface area contributed by atoms with Gasteiger partial charge < -0.3 is 19.4 Å². The third-order valence-corrected chi connectivity index (χ3v) is 12.3. The van der Waals surface area contributed by atoms with Crippen molar-refractivity contribution in [2.45, 2.75) is 71.2 Å². The number of carbonyl (C=O) groups is 1. The minimum absolute atomic E-state index is 0.0211. The molecule has 0 bridgehead atoms. The maximum absolute atomic E-state index is 13.8. The third kappa shape index (κ3) is 5.55. The Morgan fingerprint density at radius 3 is 2.29 bits per heavy atom. The van der Waals surface area contributed by atoms with Crippen LogP contribution in [0.3, 0.4) is 0 Å². The van der Waals surface area contributed by atoms with Crippen molar-refractivity contribution in [2.75, 3.05) is 48.0 Å². The van der Waals surface area contributed by atoms with E-state index in [1.165, 1.54) is 0 Å². The maximum Gasteiger partial charge on any atom is 0.255 e. The molecule has 2 aromatic rings. The van der Waals surface area contributed by atoms with Crippen molar-refractivity contribution >= 4 is 37.2 Å². The number of anilines is 4. The lowest BCUT2D eigenvalue weighted by Crippen LogP contribution is -2.40. The van der Waals surface area contributed by atoms with Crippen molar-refractivity contribution in [2.24, 2.45) is 0 Å². The zero-order chi connectivity index (χ0) is 27.9. The van der Waals surface area contributed by atoms with E-state index in [2.05, 4.69) is 49.1 Å². The summed E-state index contributed by atoms with van der Waals surface area (Å²) in [6.45, 7) is 16.8. The Morgan fingerprint density at radius 1 is 1.11 bits per heavy atom. The van der Waals surface area contributed by atoms with Crippen LogP contribution in [0.2, 0.25) is 18.1 Å². The van der Waals surface area contributed by atoms with Crippen molar-refractivity contribution in [3.05, 3.63) is 35.7 Å². The summed E-state index contributed by atoms with van der Waals surface area (Å²) in [7, 11) is -2.13. The van der Waals surface area contributed by atoms with Gasteiger partial charge >= 0.3 is 0 Å². The first-order chi connectivity index (χ1) is 17.7. The number of morpholine rings is 1. The molecule has 1 fully saturated rings. The van der Waals surface area contributed by atoms with Crippen molar-refractivity contribution in [3.63, 3.8) is 0 Å². The lowest BCUT2D eigenvalue weighted by atomic mass is 9.87. The molecule has 1 aromatic heterocycles. The summed E-state index contributed by atoms with van der Waals surface area (Å²) in [5.41, 5.74) is 1.21. The van der Waals surface area contributed by atoms with Crippen molar-refractivity contribution in [1.29, 1.82) is 0 Å². The van der Waals surface area contributed by atoms with Gasteiger partial charge in [0.05, 0.1) is 43.0 Å². The molecule has 0 spiro atoms. The average molecular weight is 548 g/mol. The minimum atomic E-state index is -2.57. The topological polar surface area (TPSA) is 79.8 Å². The number of rotatable bonds is 8. The molecular formula is C27H39F2N5O3Si. The molecule has 11 heteroatoms. The molecule has 8 nitrogen and oxygen atoms in total. The van der Waals surface area contributed by atoms with Gasteiger partial charge in [-0.25, -0.2) is 18.7 Å². The van der Waals surface area contributed by atoms with Crippen LogP contribution < -0.4 is 15.1 Å². The first-order valence-corrected chi connectivity index (χ1v) is 16.0. The van der Waals surface area contributed by atoms with Gasteiger partial charge in [0.25, 0.3) is 6.43 Å². The largest absolute Gasteiger partial charge is 0.409 e. The van der Waals surface area contributed by atoms with Gasteiger partial charge in [0, 0.05) is 18.8 Å². The molecule has 208 valence electrons. The second kappa shape index (κ2) is 10.5. The summed E-state index contributed by atoms with van der Waals surface area (Å²) in [5.74, 6) is 0.809. The van der Waals surface area contributed by atoms with Crippen LogP contribution in [0.25, 0.3) is 0 Å². The molecule has 4 rings (SSSR count). The molecule has 0 aliphatic carbocycles. The zero-order valence-corrected chi connectivity index (χ0v) is 24.4. The molecular weight excluding hydrogens is 508 g/mol. The lowest BCUT2D eigenvalue weighted by Gasteiger charge is -2.36. The molecule has 38 heavy (non-hydrogen) atoms. The van der Waals surface area contributed by atoms with Crippen LogP contribution >= 0.6 is 0 Å². The molecule has 1 aromatic carbocycles. The highest BCUT2D eigenvalue weighted by Crippen LogP contribution is 2.47. The van der Waals surface area contributed by atoms with E-state index < -0.39 is 26.7 Å². The first-order valence-electron chi connectivity index (χ1n) is 13.1. The smallest absolute Gasteiger partial charge is 0.255 e. The van der Waals surface area contributed by atoms with Crippen LogP contribution in [-0.4, -0.2) is 63.5 Å². The number of carbonyl (C=O) groups excluding carboxylic acids is 1. The van der Waals surface area contributed by atoms with E-state index in [1.54, 1.807) is 18.7 Å². The Hall–Kier alpha value is -2.63. The monoisotopic (exact) mass is 547 g/mol. The van der Waals surface area contributed by atoms with E-state index in [4.69, 9.17) is 14.1 Å². The number of ether oxygens (including phenoxy) is 1. The predicted molar refractivity (Wildman–Crippen MR) is 148 cm³/mol. The van der Waals surface area contributed by atoms with Gasteiger partial charge in [-0.05, 0) is 56.2 Å². The van der Waals surface area contributed by atoms with Gasteiger partial charge in [-0.1, -0.05) is 20.8 Å². The highest BCUT2D eigenvalue weighted by molar-refractivity contribution is 6.74. The number of nitrogens with one attached hydrogen (secondary N) is 1. The molecule has 3 heterocycles. The number of benzene rings is 1. The number of fused-ring (bicyclic) bond motifs is 1.